The van der Waals surface area contributed by atoms with Crippen molar-refractivity contribution in [1.82, 2.24) is 0 Å². The van der Waals surface area contributed by atoms with E-state index in [1.54, 1.807) is 12.1 Å². The van der Waals surface area contributed by atoms with Gasteiger partial charge in [-0.25, -0.2) is 9.59 Å². The van der Waals surface area contributed by atoms with Crippen molar-refractivity contribution in [3.8, 4) is 17.6 Å². The van der Waals surface area contributed by atoms with E-state index in [-0.39, 0.29) is 32.8 Å². The van der Waals surface area contributed by atoms with Gasteiger partial charge in [-0.1, -0.05) is 56.9 Å². The summed E-state index contributed by atoms with van der Waals surface area (Å²) in [6.45, 7) is 9.57. The predicted octanol–water partition coefficient (Wildman–Crippen LogP) is 5.76. The number of carbonyl (C=O) groups excluding carboxylic acids is 3. The molecular weight excluding hydrogens is 548 g/mol. The molecule has 0 N–H and O–H groups in total. The Kier molecular flexibility index (Phi) is 17.3. The summed E-state index contributed by atoms with van der Waals surface area (Å²) in [5.41, 5.74) is 3.14. The molecule has 0 aliphatic carbocycles. The number of hydrogen-bond acceptors (Lipinski definition) is 8. The maximum Gasteiger partial charge on any atom is 0.330 e. The van der Waals surface area contributed by atoms with Crippen LogP contribution in [0.2, 0.25) is 0 Å². The van der Waals surface area contributed by atoms with Crippen molar-refractivity contribution in [2.45, 2.75) is 58.0 Å². The fourth-order valence-electron chi connectivity index (χ4n) is 3.71. The van der Waals surface area contributed by atoms with Gasteiger partial charge < -0.3 is 23.7 Å². The van der Waals surface area contributed by atoms with Crippen LogP contribution in [0.3, 0.4) is 0 Å². The predicted molar refractivity (Wildman–Crippen MR) is 164 cm³/mol. The van der Waals surface area contributed by atoms with Gasteiger partial charge >= 0.3 is 17.9 Å². The summed E-state index contributed by atoms with van der Waals surface area (Å²) in [5, 5.41) is 0. The molecule has 0 fully saturated rings. The SMILES string of the molecule is C=CC(=O)OCCCCOCC(COc1ccc(C#Cc2ccc(CCCCC)cc2)cc1)OC(=O)CCOC(=O)C=C. The van der Waals surface area contributed by atoms with Crippen molar-refractivity contribution in [2.24, 2.45) is 0 Å². The topological polar surface area (TPSA) is 97.4 Å². The molecule has 2 rings (SSSR count). The first-order chi connectivity index (χ1) is 20.9. The molecule has 8 heteroatoms. The zero-order valence-corrected chi connectivity index (χ0v) is 25.0. The second-order valence-corrected chi connectivity index (χ2v) is 9.63. The monoisotopic (exact) mass is 590 g/mol. The second-order valence-electron chi connectivity index (χ2n) is 9.63. The summed E-state index contributed by atoms with van der Waals surface area (Å²) in [6, 6.07) is 15.7. The van der Waals surface area contributed by atoms with Gasteiger partial charge in [0.15, 0.2) is 6.10 Å². The van der Waals surface area contributed by atoms with Crippen molar-refractivity contribution >= 4 is 17.9 Å². The molecule has 43 heavy (non-hydrogen) atoms. The van der Waals surface area contributed by atoms with Crippen molar-refractivity contribution in [3.05, 3.63) is 90.5 Å². The highest BCUT2D eigenvalue weighted by Gasteiger charge is 2.17. The fourth-order valence-corrected chi connectivity index (χ4v) is 3.71. The lowest BCUT2D eigenvalue weighted by Gasteiger charge is -2.19. The van der Waals surface area contributed by atoms with E-state index in [4.69, 9.17) is 23.7 Å². The van der Waals surface area contributed by atoms with E-state index in [1.807, 2.05) is 12.1 Å². The third-order valence-corrected chi connectivity index (χ3v) is 6.08. The number of rotatable bonds is 20. The molecule has 0 amide bonds. The first-order valence-electron chi connectivity index (χ1n) is 14.6. The fraction of sp³-hybridized carbons (Fsp3) is 0.400. The first kappa shape index (κ1) is 34.8. The molecule has 230 valence electrons. The Balaban J connectivity index is 1.86. The smallest absolute Gasteiger partial charge is 0.330 e. The van der Waals surface area contributed by atoms with Crippen LogP contribution in [0.15, 0.2) is 73.8 Å². The maximum absolute atomic E-state index is 12.3. The number of aryl methyl sites for hydroxylation is 1. The standard InChI is InChI=1S/C35H42O8/c1-4-7-8-11-28-12-14-29(15-13-28)16-17-30-18-20-31(21-19-30)42-27-32(43-35(38)22-25-41-34(37)6-3)26-39-23-9-10-24-40-33(36)5-2/h5-6,12-15,18-21,32H,2-4,7-11,22-27H2,1H3. The third-order valence-electron chi connectivity index (χ3n) is 6.08. The molecule has 0 spiro atoms. The van der Waals surface area contributed by atoms with Crippen LogP contribution in [0.1, 0.15) is 62.1 Å². The summed E-state index contributed by atoms with van der Waals surface area (Å²) >= 11 is 0. The van der Waals surface area contributed by atoms with Gasteiger partial charge in [0.05, 0.1) is 19.6 Å². The Labute approximate surface area is 255 Å². The molecule has 1 unspecified atom stereocenters. The molecule has 1 atom stereocenters. The summed E-state index contributed by atoms with van der Waals surface area (Å²) in [7, 11) is 0. The molecule has 8 nitrogen and oxygen atoms in total. The zero-order valence-electron chi connectivity index (χ0n) is 25.0. The largest absolute Gasteiger partial charge is 0.490 e. The van der Waals surface area contributed by atoms with Gasteiger partial charge in [-0.15, -0.1) is 0 Å². The Morgan fingerprint density at radius 1 is 0.767 bits per heavy atom. The molecule has 0 saturated heterocycles. The Morgan fingerprint density at radius 3 is 2.00 bits per heavy atom. The molecule has 0 aromatic heterocycles. The van der Waals surface area contributed by atoms with E-state index < -0.39 is 24.0 Å². The van der Waals surface area contributed by atoms with E-state index in [0.29, 0.717) is 25.2 Å². The zero-order chi connectivity index (χ0) is 31.1. The van der Waals surface area contributed by atoms with Crippen molar-refractivity contribution in [2.75, 3.05) is 33.0 Å². The molecule has 0 saturated carbocycles. The average Bonchev–Trinajstić information content (AvgIpc) is 3.02. The van der Waals surface area contributed by atoms with Crippen molar-refractivity contribution in [1.29, 1.82) is 0 Å². The second kappa shape index (κ2) is 21.4. The van der Waals surface area contributed by atoms with Crippen LogP contribution < -0.4 is 4.74 Å². The van der Waals surface area contributed by atoms with Gasteiger partial charge in [0.2, 0.25) is 0 Å². The van der Waals surface area contributed by atoms with Crippen LogP contribution in [0.5, 0.6) is 5.75 Å². The Morgan fingerprint density at radius 2 is 1.37 bits per heavy atom. The van der Waals surface area contributed by atoms with Gasteiger partial charge in [0.1, 0.15) is 19.0 Å². The summed E-state index contributed by atoms with van der Waals surface area (Å²) in [4.78, 5) is 34.6. The van der Waals surface area contributed by atoms with Gasteiger partial charge in [0.25, 0.3) is 0 Å². The van der Waals surface area contributed by atoms with Crippen LogP contribution >= 0.6 is 0 Å². The number of esters is 3. The van der Waals surface area contributed by atoms with E-state index in [2.05, 4.69) is 56.2 Å². The summed E-state index contributed by atoms with van der Waals surface area (Å²) in [6.07, 6.45) is 7.36. The first-order valence-corrected chi connectivity index (χ1v) is 14.6. The molecule has 0 radical (unpaired) electrons. The van der Waals surface area contributed by atoms with E-state index in [0.717, 1.165) is 29.7 Å². The Hall–Kier alpha value is -4.35. The molecule has 0 aliphatic rings. The maximum atomic E-state index is 12.3. The summed E-state index contributed by atoms with van der Waals surface area (Å²) < 4.78 is 26.8. The van der Waals surface area contributed by atoms with E-state index in [9.17, 15) is 14.4 Å². The van der Waals surface area contributed by atoms with E-state index in [1.165, 1.54) is 24.8 Å². The quantitative estimate of drug-likeness (QED) is 0.0632. The minimum atomic E-state index is -0.689. The average molecular weight is 591 g/mol. The van der Waals surface area contributed by atoms with Crippen LogP contribution in [-0.2, 0) is 39.8 Å². The normalized spacial score (nSPS) is 10.9. The third kappa shape index (κ3) is 16.0. The van der Waals surface area contributed by atoms with Crippen LogP contribution in [0.25, 0.3) is 0 Å². The van der Waals surface area contributed by atoms with Crippen molar-refractivity contribution < 1.29 is 38.1 Å². The number of hydrogen-bond donors (Lipinski definition) is 0. The lowest BCUT2D eigenvalue weighted by atomic mass is 10.1. The van der Waals surface area contributed by atoms with E-state index >= 15 is 0 Å². The highest BCUT2D eigenvalue weighted by atomic mass is 16.6. The number of ether oxygens (including phenoxy) is 5. The number of benzene rings is 2. The van der Waals surface area contributed by atoms with Gasteiger partial charge in [-0.3, -0.25) is 4.79 Å². The molecule has 0 bridgehead atoms. The molecule has 2 aromatic rings. The summed E-state index contributed by atoms with van der Waals surface area (Å²) in [5.74, 6) is 5.33. The van der Waals surface area contributed by atoms with Crippen LogP contribution in [0.4, 0.5) is 0 Å². The highest BCUT2D eigenvalue weighted by Crippen LogP contribution is 2.14. The van der Waals surface area contributed by atoms with Crippen LogP contribution in [-0.4, -0.2) is 57.0 Å². The van der Waals surface area contributed by atoms with Gasteiger partial charge in [-0.05, 0) is 67.6 Å². The molecule has 2 aromatic carbocycles. The lowest BCUT2D eigenvalue weighted by molar-refractivity contribution is -0.156. The lowest BCUT2D eigenvalue weighted by Crippen LogP contribution is -2.30. The van der Waals surface area contributed by atoms with Crippen LogP contribution in [0, 0.1) is 11.8 Å². The van der Waals surface area contributed by atoms with Crippen molar-refractivity contribution in [3.63, 3.8) is 0 Å². The number of unbranched alkanes of at least 4 members (excludes halogenated alkanes) is 3. The minimum absolute atomic E-state index is 0.0603. The van der Waals surface area contributed by atoms with Gasteiger partial charge in [-0.2, -0.15) is 0 Å². The number of carbonyl (C=O) groups is 3. The molecule has 0 aliphatic heterocycles. The molecular formula is C35H42O8. The molecule has 0 heterocycles. The Bertz CT molecular complexity index is 1210. The highest BCUT2D eigenvalue weighted by molar-refractivity contribution is 5.81. The van der Waals surface area contributed by atoms with Gasteiger partial charge in [0, 0.05) is 29.9 Å². The minimum Gasteiger partial charge on any atom is -0.490 e.